The van der Waals surface area contributed by atoms with Crippen molar-refractivity contribution in [3.63, 3.8) is 0 Å². The first kappa shape index (κ1) is 22.4. The Morgan fingerprint density at radius 1 is 1.15 bits per heavy atom. The van der Waals surface area contributed by atoms with Gasteiger partial charge in [-0.05, 0) is 80.5 Å². The molecule has 0 bridgehead atoms. The summed E-state index contributed by atoms with van der Waals surface area (Å²) < 4.78 is 17.8. The van der Waals surface area contributed by atoms with Crippen LogP contribution in [0.3, 0.4) is 0 Å². The van der Waals surface area contributed by atoms with E-state index in [1.807, 2.05) is 6.07 Å². The summed E-state index contributed by atoms with van der Waals surface area (Å²) in [7, 11) is 0. The fourth-order valence-corrected chi connectivity index (χ4v) is 7.49. The molecule has 3 heterocycles. The molecule has 2 aliphatic heterocycles. The molecule has 0 radical (unpaired) electrons. The lowest BCUT2D eigenvalue weighted by molar-refractivity contribution is -0.147. The number of hydrogen-bond acceptors (Lipinski definition) is 5. The standard InChI is InChI=1S/C29H37NO4/c1-28-11-6-12-29(19-33-29)26(28)16-22-23(27(31)34-25(22)17-28)18-30-13-10-21(24-9-5-14-32-24)15-20-7-3-2-4-8-20/h2-5,7-9,14,21-23,25-26,30H,6,10-13,15-19H2,1H3/t21-,22+,23+,25+,26+,28+,29+/m0/s1. The third-order valence-electron chi connectivity index (χ3n) is 9.38. The van der Waals surface area contributed by atoms with E-state index in [1.165, 1.54) is 24.8 Å². The minimum absolute atomic E-state index is 0.00221. The molecule has 0 unspecified atom stereocenters. The molecule has 6 rings (SSSR count). The third-order valence-corrected chi connectivity index (χ3v) is 9.38. The van der Waals surface area contributed by atoms with Crippen molar-refractivity contribution < 1.29 is 18.7 Å². The van der Waals surface area contributed by atoms with Gasteiger partial charge in [-0.2, -0.15) is 0 Å². The van der Waals surface area contributed by atoms with Crippen LogP contribution in [0.5, 0.6) is 0 Å². The summed E-state index contributed by atoms with van der Waals surface area (Å²) in [6.07, 6.45) is 9.51. The molecule has 5 heteroatoms. The van der Waals surface area contributed by atoms with E-state index >= 15 is 0 Å². The van der Waals surface area contributed by atoms with Gasteiger partial charge in [0.2, 0.25) is 0 Å². The Labute approximate surface area is 202 Å². The normalized spacial score (nSPS) is 37.1. The highest BCUT2D eigenvalue weighted by Crippen LogP contribution is 2.62. The Balaban J connectivity index is 1.07. The summed E-state index contributed by atoms with van der Waals surface area (Å²) >= 11 is 0. The van der Waals surface area contributed by atoms with Gasteiger partial charge in [0, 0.05) is 18.4 Å². The average molecular weight is 464 g/mol. The zero-order chi connectivity index (χ0) is 23.2. The van der Waals surface area contributed by atoms with E-state index in [2.05, 4.69) is 48.6 Å². The van der Waals surface area contributed by atoms with Crippen molar-refractivity contribution in [1.82, 2.24) is 5.32 Å². The van der Waals surface area contributed by atoms with Gasteiger partial charge in [0.15, 0.2) is 0 Å². The predicted molar refractivity (Wildman–Crippen MR) is 129 cm³/mol. The van der Waals surface area contributed by atoms with Crippen LogP contribution in [-0.4, -0.2) is 37.4 Å². The van der Waals surface area contributed by atoms with Crippen molar-refractivity contribution in [2.24, 2.45) is 23.2 Å². The number of esters is 1. The van der Waals surface area contributed by atoms with E-state index in [-0.39, 0.29) is 29.0 Å². The minimum Gasteiger partial charge on any atom is -0.469 e. The van der Waals surface area contributed by atoms with Gasteiger partial charge in [0.1, 0.15) is 11.9 Å². The summed E-state index contributed by atoms with van der Waals surface area (Å²) in [5.41, 5.74) is 1.68. The molecule has 7 atom stereocenters. The Kier molecular flexibility index (Phi) is 5.81. The van der Waals surface area contributed by atoms with Crippen molar-refractivity contribution in [1.29, 1.82) is 0 Å². The molecule has 4 aliphatic rings. The fraction of sp³-hybridized carbons (Fsp3) is 0.621. The smallest absolute Gasteiger partial charge is 0.310 e. The van der Waals surface area contributed by atoms with Crippen LogP contribution < -0.4 is 5.32 Å². The molecular weight excluding hydrogens is 426 g/mol. The summed E-state index contributed by atoms with van der Waals surface area (Å²) in [5, 5.41) is 3.61. The Hall–Kier alpha value is -2.11. The van der Waals surface area contributed by atoms with Crippen molar-refractivity contribution in [2.75, 3.05) is 19.7 Å². The zero-order valence-corrected chi connectivity index (χ0v) is 20.2. The van der Waals surface area contributed by atoms with E-state index < -0.39 is 0 Å². The number of rotatable bonds is 8. The zero-order valence-electron chi connectivity index (χ0n) is 20.2. The molecule has 2 aliphatic carbocycles. The first-order chi connectivity index (χ1) is 16.6. The van der Waals surface area contributed by atoms with E-state index in [0.717, 1.165) is 44.6 Å². The lowest BCUT2D eigenvalue weighted by Crippen LogP contribution is -2.51. The molecule has 4 fully saturated rings. The highest BCUT2D eigenvalue weighted by atomic mass is 16.6. The Morgan fingerprint density at radius 2 is 2.00 bits per heavy atom. The largest absolute Gasteiger partial charge is 0.469 e. The molecule has 2 aromatic rings. The van der Waals surface area contributed by atoms with E-state index in [0.29, 0.717) is 24.3 Å². The quantitative estimate of drug-likeness (QED) is 0.335. The highest BCUT2D eigenvalue weighted by Gasteiger charge is 2.64. The molecule has 182 valence electrons. The molecule has 1 N–H and O–H groups in total. The molecule has 2 saturated carbocycles. The van der Waals surface area contributed by atoms with Crippen molar-refractivity contribution in [2.45, 2.75) is 69.5 Å². The SMILES string of the molecule is C[C@]12CCC[C@@]3(CO3)[C@@H]1C[C@H]1[C@@H](C2)OC(=O)[C@@H]1CNCC[C@@H](Cc1ccccc1)c1ccco1. The molecule has 1 spiro atoms. The van der Waals surface area contributed by atoms with Crippen LogP contribution in [-0.2, 0) is 20.7 Å². The van der Waals surface area contributed by atoms with E-state index in [9.17, 15) is 4.79 Å². The number of benzene rings is 1. The average Bonchev–Trinajstić information content (AvgIpc) is 3.25. The van der Waals surface area contributed by atoms with Gasteiger partial charge in [-0.15, -0.1) is 0 Å². The summed E-state index contributed by atoms with van der Waals surface area (Å²) in [6, 6.07) is 14.6. The number of hydrogen-bond donors (Lipinski definition) is 1. The van der Waals surface area contributed by atoms with Crippen molar-refractivity contribution >= 4 is 5.97 Å². The second kappa shape index (κ2) is 8.83. The third kappa shape index (κ3) is 4.11. The first-order valence-corrected chi connectivity index (χ1v) is 13.2. The number of fused-ring (bicyclic) bond motifs is 3. The lowest BCUT2D eigenvalue weighted by atomic mass is 9.53. The maximum absolute atomic E-state index is 12.9. The van der Waals surface area contributed by atoms with Gasteiger partial charge in [-0.3, -0.25) is 4.79 Å². The van der Waals surface area contributed by atoms with Gasteiger partial charge in [-0.1, -0.05) is 37.3 Å². The summed E-state index contributed by atoms with van der Waals surface area (Å²) in [5.74, 6) is 2.21. The summed E-state index contributed by atoms with van der Waals surface area (Å²) in [6.45, 7) is 4.89. The van der Waals surface area contributed by atoms with E-state index in [4.69, 9.17) is 13.9 Å². The number of epoxide rings is 1. The molecule has 1 aromatic heterocycles. The Morgan fingerprint density at radius 3 is 2.76 bits per heavy atom. The maximum Gasteiger partial charge on any atom is 0.310 e. The van der Waals surface area contributed by atoms with Crippen LogP contribution in [0.4, 0.5) is 0 Å². The molecule has 5 nitrogen and oxygen atoms in total. The number of carbonyl (C=O) groups is 1. The topological polar surface area (TPSA) is 64.0 Å². The van der Waals surface area contributed by atoms with Crippen LogP contribution in [0.1, 0.15) is 62.7 Å². The highest BCUT2D eigenvalue weighted by molar-refractivity contribution is 5.75. The number of furan rings is 1. The second-order valence-electron chi connectivity index (χ2n) is 11.5. The van der Waals surface area contributed by atoms with Gasteiger partial charge >= 0.3 is 5.97 Å². The monoisotopic (exact) mass is 463 g/mol. The van der Waals surface area contributed by atoms with Crippen LogP contribution in [0, 0.1) is 23.2 Å². The summed E-state index contributed by atoms with van der Waals surface area (Å²) in [4.78, 5) is 12.9. The van der Waals surface area contributed by atoms with Gasteiger partial charge in [0.25, 0.3) is 0 Å². The van der Waals surface area contributed by atoms with Gasteiger partial charge in [-0.25, -0.2) is 0 Å². The second-order valence-corrected chi connectivity index (χ2v) is 11.5. The van der Waals surface area contributed by atoms with Crippen LogP contribution in [0.25, 0.3) is 0 Å². The molecule has 1 aromatic carbocycles. The number of ether oxygens (including phenoxy) is 2. The van der Waals surface area contributed by atoms with Gasteiger partial charge < -0.3 is 19.2 Å². The maximum atomic E-state index is 12.9. The molecule has 2 saturated heterocycles. The fourth-order valence-electron chi connectivity index (χ4n) is 7.49. The molecule has 34 heavy (non-hydrogen) atoms. The number of carbonyl (C=O) groups excluding carboxylic acids is 1. The molecule has 0 amide bonds. The number of nitrogens with one attached hydrogen (secondary N) is 1. The molecular formula is C29H37NO4. The van der Waals surface area contributed by atoms with Crippen LogP contribution in [0.15, 0.2) is 53.1 Å². The first-order valence-electron chi connectivity index (χ1n) is 13.2. The van der Waals surface area contributed by atoms with Crippen molar-refractivity contribution in [3.05, 3.63) is 60.1 Å². The van der Waals surface area contributed by atoms with Crippen LogP contribution >= 0.6 is 0 Å². The lowest BCUT2D eigenvalue weighted by Gasteiger charge is -2.51. The van der Waals surface area contributed by atoms with Gasteiger partial charge in [0.05, 0.1) is 24.4 Å². The predicted octanol–water partition coefficient (Wildman–Crippen LogP) is 5.11. The van der Waals surface area contributed by atoms with Crippen molar-refractivity contribution in [3.8, 4) is 0 Å². The Bertz CT molecular complexity index is 985. The van der Waals surface area contributed by atoms with E-state index in [1.54, 1.807) is 6.26 Å². The van der Waals surface area contributed by atoms with Crippen LogP contribution in [0.2, 0.25) is 0 Å². The minimum atomic E-state index is -0.0385.